The minimum Gasteiger partial charge on any atom is -0.495 e. The maximum Gasteiger partial charge on any atom is 0.255 e. The Kier molecular flexibility index (Phi) is 7.43. The Morgan fingerprint density at radius 2 is 1.67 bits per heavy atom. The first-order chi connectivity index (χ1) is 20.3. The number of carbonyl (C=O) groups excluding carboxylic acids is 2. The van der Waals surface area contributed by atoms with Crippen molar-refractivity contribution in [3.8, 4) is 5.75 Å². The van der Waals surface area contributed by atoms with E-state index in [4.69, 9.17) is 16.3 Å². The largest absolute Gasteiger partial charge is 0.495 e. The molecule has 4 aromatic rings. The second-order valence-electron chi connectivity index (χ2n) is 10.6. The summed E-state index contributed by atoms with van der Waals surface area (Å²) < 4.78 is 20.5. The van der Waals surface area contributed by atoms with E-state index in [1.165, 1.54) is 31.4 Å². The highest BCUT2D eigenvalue weighted by atomic mass is 35.5. The molecule has 2 bridgehead atoms. The molecule has 6 rings (SSSR count). The Morgan fingerprint density at radius 3 is 2.43 bits per heavy atom. The van der Waals surface area contributed by atoms with Crippen molar-refractivity contribution in [1.82, 2.24) is 4.57 Å². The first-order valence-electron chi connectivity index (χ1n) is 13.6. The van der Waals surface area contributed by atoms with Gasteiger partial charge in [0, 0.05) is 54.1 Å². The topological polar surface area (TPSA) is 92.7 Å². The lowest BCUT2D eigenvalue weighted by molar-refractivity contribution is 0.101. The van der Waals surface area contributed by atoms with Crippen molar-refractivity contribution in [2.45, 2.75) is 18.9 Å². The van der Waals surface area contributed by atoms with Crippen LogP contribution in [0.15, 0.2) is 83.7 Å². The van der Waals surface area contributed by atoms with Gasteiger partial charge in [-0.15, -0.1) is 0 Å². The van der Waals surface area contributed by atoms with Gasteiger partial charge in [0.25, 0.3) is 17.4 Å². The highest BCUT2D eigenvalue weighted by Crippen LogP contribution is 2.39. The van der Waals surface area contributed by atoms with Gasteiger partial charge in [0.15, 0.2) is 0 Å². The van der Waals surface area contributed by atoms with Gasteiger partial charge in [0.05, 0.1) is 23.5 Å². The molecule has 0 spiro atoms. The quantitative estimate of drug-likeness (QED) is 0.299. The van der Waals surface area contributed by atoms with Crippen molar-refractivity contribution in [2.75, 3.05) is 35.7 Å². The average Bonchev–Trinajstić information content (AvgIpc) is 2.98. The van der Waals surface area contributed by atoms with E-state index in [1.54, 1.807) is 42.5 Å². The van der Waals surface area contributed by atoms with E-state index in [0.717, 1.165) is 17.8 Å². The molecule has 2 aliphatic heterocycles. The molecule has 2 N–H and O–H groups in total. The predicted octanol–water partition coefficient (Wildman–Crippen LogP) is 5.78. The van der Waals surface area contributed by atoms with E-state index in [2.05, 4.69) is 15.5 Å². The molecule has 214 valence electrons. The molecule has 2 atom stereocenters. The molecule has 10 heteroatoms. The highest BCUT2D eigenvalue weighted by Gasteiger charge is 2.35. The molecule has 0 unspecified atom stereocenters. The van der Waals surface area contributed by atoms with Crippen molar-refractivity contribution >= 4 is 40.5 Å². The molecule has 8 nitrogen and oxygen atoms in total. The summed E-state index contributed by atoms with van der Waals surface area (Å²) in [7, 11) is 1.51. The van der Waals surface area contributed by atoms with E-state index < -0.39 is 11.7 Å². The van der Waals surface area contributed by atoms with Crippen LogP contribution in [0, 0.1) is 11.7 Å². The molecule has 2 aliphatic rings. The Labute approximate surface area is 246 Å². The van der Waals surface area contributed by atoms with Crippen molar-refractivity contribution in [3.63, 3.8) is 0 Å². The molecular formula is C32H28ClFN4O4. The molecule has 1 fully saturated rings. The number of hydrogen-bond donors (Lipinski definition) is 2. The van der Waals surface area contributed by atoms with Gasteiger partial charge >= 0.3 is 0 Å². The van der Waals surface area contributed by atoms with Crippen molar-refractivity contribution in [1.29, 1.82) is 0 Å². The number of rotatable bonds is 6. The molecule has 0 aliphatic carbocycles. The third-order valence-corrected chi connectivity index (χ3v) is 8.14. The van der Waals surface area contributed by atoms with E-state index in [9.17, 15) is 18.8 Å². The number of benzene rings is 3. The van der Waals surface area contributed by atoms with Gasteiger partial charge in [0.2, 0.25) is 0 Å². The van der Waals surface area contributed by atoms with Gasteiger partial charge in [-0.25, -0.2) is 4.39 Å². The predicted molar refractivity (Wildman–Crippen MR) is 161 cm³/mol. The minimum absolute atomic E-state index is 0.0106. The minimum atomic E-state index is -0.441. The fraction of sp³-hybridized carbons (Fsp3) is 0.219. The molecule has 0 radical (unpaired) electrons. The lowest BCUT2D eigenvalue weighted by atomic mass is 9.83. The summed E-state index contributed by atoms with van der Waals surface area (Å²) in [5.74, 6) is -0.365. The lowest BCUT2D eigenvalue weighted by Crippen LogP contribution is -2.47. The Hall–Kier alpha value is -4.63. The van der Waals surface area contributed by atoms with Gasteiger partial charge in [-0.05, 0) is 79.1 Å². The number of anilines is 3. The third kappa shape index (κ3) is 5.47. The van der Waals surface area contributed by atoms with Crippen LogP contribution in [0.25, 0.3) is 0 Å². The molecule has 1 aromatic heterocycles. The lowest BCUT2D eigenvalue weighted by Gasteiger charge is -2.44. The first-order valence-corrected chi connectivity index (χ1v) is 14.0. The zero-order valence-corrected chi connectivity index (χ0v) is 23.5. The summed E-state index contributed by atoms with van der Waals surface area (Å²) in [6.07, 6.45) is 0.974. The van der Waals surface area contributed by atoms with Crippen molar-refractivity contribution in [3.05, 3.63) is 117 Å². The maximum absolute atomic E-state index is 13.5. The molecular weight excluding hydrogens is 559 g/mol. The number of halogens is 2. The number of fused-ring (bicyclic) bond motifs is 4. The van der Waals surface area contributed by atoms with E-state index in [-0.39, 0.29) is 28.9 Å². The number of nitrogens with zero attached hydrogens (tertiary/aromatic N) is 2. The van der Waals surface area contributed by atoms with Crippen LogP contribution < -0.4 is 25.8 Å². The number of nitrogens with one attached hydrogen (secondary N) is 2. The Bertz CT molecular complexity index is 1740. The number of ether oxygens (including phenoxy) is 1. The van der Waals surface area contributed by atoms with E-state index >= 15 is 0 Å². The molecule has 42 heavy (non-hydrogen) atoms. The Balaban J connectivity index is 1.32. The average molecular weight is 587 g/mol. The summed E-state index contributed by atoms with van der Waals surface area (Å²) in [5, 5.41) is 6.14. The molecule has 3 heterocycles. The van der Waals surface area contributed by atoms with Gasteiger partial charge < -0.3 is 24.8 Å². The molecule has 2 amide bonds. The Morgan fingerprint density at radius 1 is 0.905 bits per heavy atom. The summed E-state index contributed by atoms with van der Waals surface area (Å²) in [6.45, 7) is 1.96. The summed E-state index contributed by atoms with van der Waals surface area (Å²) in [6, 6.07) is 20.8. The fourth-order valence-corrected chi connectivity index (χ4v) is 6.15. The van der Waals surface area contributed by atoms with Crippen LogP contribution in [0.3, 0.4) is 0 Å². The van der Waals surface area contributed by atoms with Crippen LogP contribution in [-0.2, 0) is 6.54 Å². The van der Waals surface area contributed by atoms with Crippen LogP contribution in [0.2, 0.25) is 5.02 Å². The molecule has 1 saturated heterocycles. The van der Waals surface area contributed by atoms with E-state index in [1.807, 2.05) is 16.7 Å². The smallest absolute Gasteiger partial charge is 0.255 e. The highest BCUT2D eigenvalue weighted by molar-refractivity contribution is 6.32. The second-order valence-corrected chi connectivity index (χ2v) is 11.0. The van der Waals surface area contributed by atoms with Crippen LogP contribution in [0.5, 0.6) is 5.75 Å². The van der Waals surface area contributed by atoms with Crippen molar-refractivity contribution < 1.29 is 18.7 Å². The number of pyridine rings is 1. The number of piperidine rings is 1. The number of carbonyl (C=O) groups is 2. The van der Waals surface area contributed by atoms with Gasteiger partial charge in [-0.1, -0.05) is 17.7 Å². The summed E-state index contributed by atoms with van der Waals surface area (Å²) in [5.41, 5.74) is 3.34. The zero-order chi connectivity index (χ0) is 29.4. The SMILES string of the molecule is COc1ccc(NC(=O)c2ccc(N3C[C@H]4C[C@@H](C3)c3cccc(=O)n3C4)c(NC(=O)c3ccc(F)cc3)c2)cc1Cl. The normalized spacial score (nSPS) is 17.3. The first kappa shape index (κ1) is 27.5. The maximum atomic E-state index is 13.5. The molecule has 0 saturated carbocycles. The third-order valence-electron chi connectivity index (χ3n) is 7.84. The van der Waals surface area contributed by atoms with Gasteiger partial charge in [0.1, 0.15) is 11.6 Å². The van der Waals surface area contributed by atoms with Crippen LogP contribution >= 0.6 is 11.6 Å². The summed E-state index contributed by atoms with van der Waals surface area (Å²) in [4.78, 5) is 41.2. The fourth-order valence-electron chi connectivity index (χ4n) is 5.89. The number of hydrogen-bond acceptors (Lipinski definition) is 5. The van der Waals surface area contributed by atoms with Crippen LogP contribution in [-0.4, -0.2) is 36.6 Å². The number of amides is 2. The monoisotopic (exact) mass is 586 g/mol. The second kappa shape index (κ2) is 11.3. The number of aromatic nitrogens is 1. The summed E-state index contributed by atoms with van der Waals surface area (Å²) >= 11 is 6.23. The van der Waals surface area contributed by atoms with Gasteiger partial charge in [-0.3, -0.25) is 14.4 Å². The van der Waals surface area contributed by atoms with Crippen LogP contribution in [0.1, 0.15) is 38.7 Å². The van der Waals surface area contributed by atoms with Crippen LogP contribution in [0.4, 0.5) is 21.5 Å². The van der Waals surface area contributed by atoms with Gasteiger partial charge in [-0.2, -0.15) is 0 Å². The number of methoxy groups -OCH3 is 1. The zero-order valence-electron chi connectivity index (χ0n) is 22.8. The molecule has 3 aromatic carbocycles. The standard InChI is InChI=1S/C32H28ClFN4O4/c1-42-29-12-10-24(15-25(29)33)35-32(41)21-7-11-28(26(14-21)36-31(40)20-5-8-23(34)9-6-20)37-16-19-13-22(18-37)27-3-2-4-30(39)38(27)17-19/h2-12,14-15,19,22H,13,16-18H2,1H3,(H,35,41)(H,36,40)/t19-,22+/m1/s1. The van der Waals surface area contributed by atoms with Crippen molar-refractivity contribution in [2.24, 2.45) is 5.92 Å². The van der Waals surface area contributed by atoms with E-state index in [0.29, 0.717) is 47.3 Å².